The van der Waals surface area contributed by atoms with Crippen LogP contribution in [0.4, 0.5) is 0 Å². The summed E-state index contributed by atoms with van der Waals surface area (Å²) in [6.45, 7) is 3.71. The molecule has 2 atom stereocenters. The molecule has 2 heterocycles. The van der Waals surface area contributed by atoms with E-state index in [1.807, 2.05) is 24.3 Å². The highest BCUT2D eigenvalue weighted by atomic mass is 16.5. The lowest BCUT2D eigenvalue weighted by Crippen LogP contribution is -2.53. The van der Waals surface area contributed by atoms with Gasteiger partial charge in [0, 0.05) is 19.1 Å². The van der Waals surface area contributed by atoms with Crippen molar-refractivity contribution in [2.24, 2.45) is 11.8 Å². The second kappa shape index (κ2) is 6.75. The average Bonchev–Trinajstić information content (AvgIpc) is 3.44. The molecule has 2 saturated heterocycles. The van der Waals surface area contributed by atoms with Crippen LogP contribution < -0.4 is 4.74 Å². The summed E-state index contributed by atoms with van der Waals surface area (Å²) in [5.74, 6) is 2.23. The van der Waals surface area contributed by atoms with Crippen molar-refractivity contribution in [3.8, 4) is 5.75 Å². The van der Waals surface area contributed by atoms with E-state index in [0.29, 0.717) is 17.9 Å². The molecule has 1 saturated carbocycles. The maximum Gasteiger partial charge on any atom is 0.257 e. The minimum absolute atomic E-state index is 0.146. The molecular formula is C20H28N2O2. The van der Waals surface area contributed by atoms with E-state index in [0.717, 1.165) is 37.4 Å². The summed E-state index contributed by atoms with van der Waals surface area (Å²) < 4.78 is 5.94. The van der Waals surface area contributed by atoms with Crippen molar-refractivity contribution in [2.75, 3.05) is 33.3 Å². The molecule has 3 fully saturated rings. The average molecular weight is 328 g/mol. The molecule has 0 spiro atoms. The zero-order valence-corrected chi connectivity index (χ0v) is 14.6. The van der Waals surface area contributed by atoms with Gasteiger partial charge in [-0.15, -0.1) is 0 Å². The molecule has 0 aromatic heterocycles. The molecule has 1 aromatic rings. The fraction of sp³-hybridized carbons (Fsp3) is 0.650. The summed E-state index contributed by atoms with van der Waals surface area (Å²) in [6, 6.07) is 8.42. The maximum absolute atomic E-state index is 13.1. The monoisotopic (exact) mass is 328 g/mol. The van der Waals surface area contributed by atoms with Crippen molar-refractivity contribution in [1.82, 2.24) is 9.80 Å². The summed E-state index contributed by atoms with van der Waals surface area (Å²) in [7, 11) is 2.23. The van der Waals surface area contributed by atoms with Gasteiger partial charge in [0.05, 0.1) is 12.2 Å². The molecule has 0 N–H and O–H groups in total. The van der Waals surface area contributed by atoms with Gasteiger partial charge in [0.25, 0.3) is 5.91 Å². The molecule has 130 valence electrons. The van der Waals surface area contributed by atoms with Crippen LogP contribution in [0.5, 0.6) is 5.75 Å². The number of rotatable bonds is 4. The quantitative estimate of drug-likeness (QED) is 0.852. The van der Waals surface area contributed by atoms with Gasteiger partial charge in [-0.25, -0.2) is 0 Å². The van der Waals surface area contributed by atoms with E-state index >= 15 is 0 Å². The van der Waals surface area contributed by atoms with Crippen LogP contribution in [0.15, 0.2) is 24.3 Å². The molecule has 3 aliphatic rings. The molecular weight excluding hydrogens is 300 g/mol. The topological polar surface area (TPSA) is 32.8 Å². The highest BCUT2D eigenvalue weighted by Crippen LogP contribution is 2.33. The predicted molar refractivity (Wildman–Crippen MR) is 94.3 cm³/mol. The van der Waals surface area contributed by atoms with Gasteiger partial charge in [-0.2, -0.15) is 0 Å². The Morgan fingerprint density at radius 3 is 2.83 bits per heavy atom. The van der Waals surface area contributed by atoms with Gasteiger partial charge in [0.15, 0.2) is 0 Å². The van der Waals surface area contributed by atoms with Crippen LogP contribution in [0, 0.1) is 11.8 Å². The largest absolute Gasteiger partial charge is 0.492 e. The third-order valence-electron chi connectivity index (χ3n) is 5.92. The van der Waals surface area contributed by atoms with E-state index in [2.05, 4.69) is 16.8 Å². The zero-order valence-electron chi connectivity index (χ0n) is 14.6. The van der Waals surface area contributed by atoms with Crippen molar-refractivity contribution >= 4 is 5.91 Å². The van der Waals surface area contributed by atoms with E-state index in [4.69, 9.17) is 4.74 Å². The lowest BCUT2D eigenvalue weighted by Gasteiger charge is -2.46. The number of carbonyl (C=O) groups excluding carboxylic acids is 1. The number of ether oxygens (including phenoxy) is 1. The first kappa shape index (κ1) is 15.9. The Bertz CT molecular complexity index is 599. The van der Waals surface area contributed by atoms with Gasteiger partial charge in [-0.1, -0.05) is 12.1 Å². The lowest BCUT2D eigenvalue weighted by atomic mass is 9.84. The summed E-state index contributed by atoms with van der Waals surface area (Å²) in [6.07, 6.45) is 6.12. The number of para-hydroxylation sites is 1. The minimum Gasteiger partial charge on any atom is -0.492 e. The highest BCUT2D eigenvalue weighted by Gasteiger charge is 2.36. The van der Waals surface area contributed by atoms with Crippen molar-refractivity contribution in [3.63, 3.8) is 0 Å². The molecule has 0 bridgehead atoms. The first-order chi connectivity index (χ1) is 11.7. The molecule has 2 unspecified atom stereocenters. The Labute approximate surface area is 144 Å². The third kappa shape index (κ3) is 3.30. The normalized spacial score (nSPS) is 27.6. The summed E-state index contributed by atoms with van der Waals surface area (Å²) in [5.41, 5.74) is 0.737. The van der Waals surface area contributed by atoms with Gasteiger partial charge < -0.3 is 14.5 Å². The van der Waals surface area contributed by atoms with Crippen molar-refractivity contribution in [2.45, 2.75) is 38.1 Å². The fourth-order valence-corrected chi connectivity index (χ4v) is 4.27. The lowest BCUT2D eigenvalue weighted by molar-refractivity contribution is 0.0314. The van der Waals surface area contributed by atoms with Gasteiger partial charge in [-0.05, 0) is 69.7 Å². The number of hydrogen-bond donors (Lipinski definition) is 0. The Morgan fingerprint density at radius 2 is 2.00 bits per heavy atom. The molecule has 1 amide bonds. The Kier molecular flexibility index (Phi) is 4.49. The third-order valence-corrected chi connectivity index (χ3v) is 5.92. The van der Waals surface area contributed by atoms with E-state index in [1.54, 1.807) is 0 Å². The second-order valence-corrected chi connectivity index (χ2v) is 7.74. The number of piperidine rings is 2. The molecule has 4 heteroatoms. The molecule has 24 heavy (non-hydrogen) atoms. The van der Waals surface area contributed by atoms with E-state index in [9.17, 15) is 4.79 Å². The minimum atomic E-state index is 0.146. The van der Waals surface area contributed by atoms with Crippen LogP contribution in [0.1, 0.15) is 42.5 Å². The number of amides is 1. The van der Waals surface area contributed by atoms with Gasteiger partial charge in [-0.3, -0.25) is 4.79 Å². The summed E-state index contributed by atoms with van der Waals surface area (Å²) in [5, 5.41) is 0. The van der Waals surface area contributed by atoms with E-state index in [-0.39, 0.29) is 5.91 Å². The first-order valence-corrected chi connectivity index (χ1v) is 9.43. The van der Waals surface area contributed by atoms with Gasteiger partial charge in [0.1, 0.15) is 5.75 Å². The smallest absolute Gasteiger partial charge is 0.257 e. The van der Waals surface area contributed by atoms with Crippen LogP contribution in [0.2, 0.25) is 0 Å². The zero-order chi connectivity index (χ0) is 16.5. The molecule has 1 aromatic carbocycles. The Balaban J connectivity index is 1.45. The number of carbonyl (C=O) groups is 1. The SMILES string of the molecule is CN1CCCC2CN(C(=O)c3ccccc3OCC3CC3)CCC21. The molecule has 4 rings (SSSR count). The number of hydrogen-bond acceptors (Lipinski definition) is 3. The van der Waals surface area contributed by atoms with Gasteiger partial charge in [0.2, 0.25) is 0 Å². The van der Waals surface area contributed by atoms with Crippen molar-refractivity contribution in [3.05, 3.63) is 29.8 Å². The first-order valence-electron chi connectivity index (χ1n) is 9.43. The van der Waals surface area contributed by atoms with Crippen molar-refractivity contribution in [1.29, 1.82) is 0 Å². The predicted octanol–water partition coefficient (Wildman–Crippen LogP) is 3.03. The standard InChI is InChI=1S/C20H28N2O2/c1-21-11-4-5-16-13-22(12-10-18(16)21)20(23)17-6-2-3-7-19(17)24-14-15-8-9-15/h2-3,6-7,15-16,18H,4-5,8-14H2,1H3. The number of benzene rings is 1. The maximum atomic E-state index is 13.1. The van der Waals surface area contributed by atoms with E-state index < -0.39 is 0 Å². The Hall–Kier alpha value is -1.55. The molecule has 0 radical (unpaired) electrons. The number of nitrogens with zero attached hydrogens (tertiary/aromatic N) is 2. The number of fused-ring (bicyclic) bond motifs is 1. The molecule has 4 nitrogen and oxygen atoms in total. The second-order valence-electron chi connectivity index (χ2n) is 7.74. The molecule has 2 aliphatic heterocycles. The Morgan fingerprint density at radius 1 is 1.17 bits per heavy atom. The van der Waals surface area contributed by atoms with Gasteiger partial charge >= 0.3 is 0 Å². The van der Waals surface area contributed by atoms with Crippen LogP contribution in [-0.2, 0) is 0 Å². The summed E-state index contributed by atoms with van der Waals surface area (Å²) in [4.78, 5) is 17.6. The van der Waals surface area contributed by atoms with E-state index in [1.165, 1.54) is 32.2 Å². The van der Waals surface area contributed by atoms with Crippen LogP contribution in [0.3, 0.4) is 0 Å². The van der Waals surface area contributed by atoms with Crippen molar-refractivity contribution < 1.29 is 9.53 Å². The number of likely N-dealkylation sites (tertiary alicyclic amines) is 2. The highest BCUT2D eigenvalue weighted by molar-refractivity contribution is 5.97. The van der Waals surface area contributed by atoms with Crippen LogP contribution in [-0.4, -0.2) is 55.0 Å². The summed E-state index contributed by atoms with van der Waals surface area (Å²) >= 11 is 0. The fourth-order valence-electron chi connectivity index (χ4n) is 4.27. The van der Waals surface area contributed by atoms with Crippen LogP contribution >= 0.6 is 0 Å². The molecule has 1 aliphatic carbocycles. The van der Waals surface area contributed by atoms with Crippen LogP contribution in [0.25, 0.3) is 0 Å².